The Hall–Kier alpha value is -1.03. The van der Waals surface area contributed by atoms with Gasteiger partial charge in [0, 0.05) is 6.20 Å². The predicted octanol–water partition coefficient (Wildman–Crippen LogP) is 2.35. The smallest absolute Gasteiger partial charge is 0.357 e. The molecule has 1 heterocycles. The molecule has 1 aliphatic rings. The maximum Gasteiger partial charge on any atom is 0.357 e. The third-order valence-corrected chi connectivity index (χ3v) is 2.87. The molecule has 1 aromatic rings. The molecule has 0 atom stereocenters. The van der Waals surface area contributed by atoms with Crippen molar-refractivity contribution < 1.29 is 9.90 Å². The zero-order chi connectivity index (χ0) is 10.1. The van der Waals surface area contributed by atoms with Crippen LogP contribution in [0.25, 0.3) is 0 Å². The lowest BCUT2D eigenvalue weighted by Crippen LogP contribution is -2.07. The number of carboxylic acids is 1. The molecule has 14 heavy (non-hydrogen) atoms. The topological polar surface area (TPSA) is 55.1 Å². The van der Waals surface area contributed by atoms with Gasteiger partial charge in [0.2, 0.25) is 0 Å². The third kappa shape index (κ3) is 1.62. The van der Waals surface area contributed by atoms with Crippen LogP contribution in [-0.2, 0) is 0 Å². The molecule has 0 amide bonds. The van der Waals surface area contributed by atoms with E-state index in [-0.39, 0.29) is 10.7 Å². The molecule has 0 radical (unpaired) electrons. The molecule has 0 aromatic carbocycles. The van der Waals surface area contributed by atoms with Crippen LogP contribution in [0, 0.1) is 0 Å². The summed E-state index contributed by atoms with van der Waals surface area (Å²) in [6.07, 6.45) is 6.12. The molecule has 4 nitrogen and oxygen atoms in total. The van der Waals surface area contributed by atoms with Crippen LogP contribution in [0.5, 0.6) is 0 Å². The molecule has 0 aliphatic heterocycles. The molecular formula is C9H11ClN2O2. The summed E-state index contributed by atoms with van der Waals surface area (Å²) in [5, 5.41) is 13.0. The number of carboxylic acid groups (broad SMARTS) is 1. The molecule has 1 saturated carbocycles. The van der Waals surface area contributed by atoms with Gasteiger partial charge < -0.3 is 5.11 Å². The Kier molecular flexibility index (Phi) is 2.46. The molecule has 1 aliphatic carbocycles. The first-order valence-electron chi connectivity index (χ1n) is 4.66. The highest BCUT2D eigenvalue weighted by atomic mass is 35.5. The van der Waals surface area contributed by atoms with Gasteiger partial charge in [-0.05, 0) is 12.8 Å². The van der Waals surface area contributed by atoms with Crippen molar-refractivity contribution in [3.8, 4) is 0 Å². The molecule has 2 rings (SSSR count). The van der Waals surface area contributed by atoms with Gasteiger partial charge in [-0.3, -0.25) is 4.68 Å². The van der Waals surface area contributed by atoms with E-state index in [1.165, 1.54) is 12.8 Å². The van der Waals surface area contributed by atoms with Gasteiger partial charge >= 0.3 is 5.97 Å². The van der Waals surface area contributed by atoms with E-state index in [4.69, 9.17) is 16.7 Å². The first-order valence-corrected chi connectivity index (χ1v) is 5.04. The minimum absolute atomic E-state index is 0.0430. The van der Waals surface area contributed by atoms with Crippen molar-refractivity contribution in [2.75, 3.05) is 0 Å². The van der Waals surface area contributed by atoms with Crippen molar-refractivity contribution in [3.05, 3.63) is 16.9 Å². The van der Waals surface area contributed by atoms with Crippen LogP contribution in [0.3, 0.4) is 0 Å². The molecule has 5 heteroatoms. The third-order valence-electron chi connectivity index (χ3n) is 2.59. The predicted molar refractivity (Wildman–Crippen MR) is 51.7 cm³/mol. The molecule has 1 fully saturated rings. The quantitative estimate of drug-likeness (QED) is 0.822. The number of nitrogens with zero attached hydrogens (tertiary/aromatic N) is 2. The van der Waals surface area contributed by atoms with Gasteiger partial charge in [0.25, 0.3) is 0 Å². The largest absolute Gasteiger partial charge is 0.476 e. The minimum atomic E-state index is -1.06. The van der Waals surface area contributed by atoms with Crippen LogP contribution in [0.4, 0.5) is 0 Å². The van der Waals surface area contributed by atoms with Crippen LogP contribution in [-0.4, -0.2) is 20.9 Å². The summed E-state index contributed by atoms with van der Waals surface area (Å²) in [5.74, 6) is -1.06. The van der Waals surface area contributed by atoms with Crippen LogP contribution in [0.1, 0.15) is 42.2 Å². The minimum Gasteiger partial charge on any atom is -0.476 e. The van der Waals surface area contributed by atoms with Crippen LogP contribution in [0.15, 0.2) is 6.20 Å². The molecule has 0 unspecified atom stereocenters. The summed E-state index contributed by atoms with van der Waals surface area (Å²) in [7, 11) is 0. The highest BCUT2D eigenvalue weighted by molar-refractivity contribution is 6.33. The highest BCUT2D eigenvalue weighted by Gasteiger charge is 2.21. The van der Waals surface area contributed by atoms with Gasteiger partial charge in [0.05, 0.1) is 11.1 Å². The molecule has 1 aromatic heterocycles. The van der Waals surface area contributed by atoms with E-state index in [2.05, 4.69) is 5.10 Å². The van der Waals surface area contributed by atoms with E-state index >= 15 is 0 Å². The van der Waals surface area contributed by atoms with Gasteiger partial charge in [-0.1, -0.05) is 24.4 Å². The lowest BCUT2D eigenvalue weighted by atomic mass is 10.3. The van der Waals surface area contributed by atoms with Crippen molar-refractivity contribution in [1.82, 2.24) is 9.78 Å². The summed E-state index contributed by atoms with van der Waals surface area (Å²) in [5.41, 5.74) is -0.0430. The Bertz CT molecular complexity index is 356. The second-order valence-electron chi connectivity index (χ2n) is 3.55. The second-order valence-corrected chi connectivity index (χ2v) is 3.96. The van der Waals surface area contributed by atoms with Gasteiger partial charge in [-0.15, -0.1) is 0 Å². The lowest BCUT2D eigenvalue weighted by molar-refractivity contribution is 0.0689. The van der Waals surface area contributed by atoms with Crippen molar-refractivity contribution in [1.29, 1.82) is 0 Å². The van der Waals surface area contributed by atoms with Crippen LogP contribution < -0.4 is 0 Å². The fourth-order valence-electron chi connectivity index (χ4n) is 1.87. The number of carbonyl (C=O) groups is 1. The average Bonchev–Trinajstić information content (AvgIpc) is 2.70. The zero-order valence-electron chi connectivity index (χ0n) is 7.61. The van der Waals surface area contributed by atoms with Crippen molar-refractivity contribution in [2.24, 2.45) is 0 Å². The fourth-order valence-corrected chi connectivity index (χ4v) is 2.09. The standard InChI is InChI=1S/C9H11ClN2O2/c10-7-5-12(6-3-1-2-4-6)11-8(7)9(13)14/h5-6H,1-4H2,(H,13,14). The summed E-state index contributed by atoms with van der Waals surface area (Å²) < 4.78 is 1.69. The number of halogens is 1. The molecule has 76 valence electrons. The normalized spacial score (nSPS) is 17.5. The second kappa shape index (κ2) is 3.61. The molecule has 0 bridgehead atoms. The van der Waals surface area contributed by atoms with Gasteiger partial charge in [-0.2, -0.15) is 5.10 Å². The molecule has 0 spiro atoms. The number of hydrogen-bond acceptors (Lipinski definition) is 2. The van der Waals surface area contributed by atoms with Crippen LogP contribution >= 0.6 is 11.6 Å². The molecular weight excluding hydrogens is 204 g/mol. The van der Waals surface area contributed by atoms with E-state index in [0.717, 1.165) is 12.8 Å². The average molecular weight is 215 g/mol. The summed E-state index contributed by atoms with van der Waals surface area (Å²) >= 11 is 5.75. The van der Waals surface area contributed by atoms with Crippen molar-refractivity contribution in [3.63, 3.8) is 0 Å². The highest BCUT2D eigenvalue weighted by Crippen LogP contribution is 2.30. The first-order chi connectivity index (χ1) is 6.68. The van der Waals surface area contributed by atoms with Crippen molar-refractivity contribution in [2.45, 2.75) is 31.7 Å². The lowest BCUT2D eigenvalue weighted by Gasteiger charge is -2.07. The summed E-state index contributed by atoms with van der Waals surface area (Å²) in [6, 6.07) is 0.334. The summed E-state index contributed by atoms with van der Waals surface area (Å²) in [6.45, 7) is 0. The van der Waals surface area contributed by atoms with Gasteiger partial charge in [0.15, 0.2) is 5.69 Å². The Balaban J connectivity index is 2.27. The number of rotatable bonds is 2. The molecule has 0 saturated heterocycles. The Morgan fingerprint density at radius 2 is 2.21 bits per heavy atom. The monoisotopic (exact) mass is 214 g/mol. The SMILES string of the molecule is O=C(O)c1nn(C2CCCC2)cc1Cl. The van der Waals surface area contributed by atoms with E-state index in [0.29, 0.717) is 6.04 Å². The maximum absolute atomic E-state index is 10.7. The van der Waals surface area contributed by atoms with Crippen molar-refractivity contribution >= 4 is 17.6 Å². The number of hydrogen-bond donors (Lipinski definition) is 1. The van der Waals surface area contributed by atoms with Crippen LogP contribution in [0.2, 0.25) is 5.02 Å². The summed E-state index contributed by atoms with van der Waals surface area (Å²) in [4.78, 5) is 10.7. The van der Waals surface area contributed by atoms with Gasteiger partial charge in [0.1, 0.15) is 0 Å². The van der Waals surface area contributed by atoms with E-state index in [1.54, 1.807) is 10.9 Å². The maximum atomic E-state index is 10.7. The zero-order valence-corrected chi connectivity index (χ0v) is 8.37. The fraction of sp³-hybridized carbons (Fsp3) is 0.556. The molecule has 1 N–H and O–H groups in total. The van der Waals surface area contributed by atoms with E-state index in [9.17, 15) is 4.79 Å². The first kappa shape index (κ1) is 9.52. The Morgan fingerprint density at radius 1 is 1.57 bits per heavy atom. The van der Waals surface area contributed by atoms with E-state index < -0.39 is 5.97 Å². The number of aromatic carboxylic acids is 1. The Labute approximate surface area is 86.5 Å². The van der Waals surface area contributed by atoms with Gasteiger partial charge in [-0.25, -0.2) is 4.79 Å². The van der Waals surface area contributed by atoms with E-state index in [1.807, 2.05) is 0 Å². The Morgan fingerprint density at radius 3 is 2.71 bits per heavy atom. The number of aromatic nitrogens is 2.